The molecular formula is C13H19F3N2O2S. The predicted molar refractivity (Wildman–Crippen MR) is 76.2 cm³/mol. The summed E-state index contributed by atoms with van der Waals surface area (Å²) in [5, 5.41) is 0. The largest absolute Gasteiger partial charge is 0.416 e. The number of alkyl halides is 3. The summed E-state index contributed by atoms with van der Waals surface area (Å²) in [7, 11) is -3.72. The topological polar surface area (TPSA) is 72.2 Å². The predicted octanol–water partition coefficient (Wildman–Crippen LogP) is 2.95. The van der Waals surface area contributed by atoms with Gasteiger partial charge in [0.15, 0.2) is 0 Å². The summed E-state index contributed by atoms with van der Waals surface area (Å²) in [5.74, 6) is -0.194. The molecule has 0 radical (unpaired) electrons. The number of nitrogens with one attached hydrogen (secondary N) is 1. The highest BCUT2D eigenvalue weighted by Crippen LogP contribution is 2.34. The maximum atomic E-state index is 12.9. The van der Waals surface area contributed by atoms with Gasteiger partial charge in [-0.25, -0.2) is 8.42 Å². The van der Waals surface area contributed by atoms with Crippen molar-refractivity contribution in [3.05, 3.63) is 29.3 Å². The van der Waals surface area contributed by atoms with Crippen LogP contribution in [0.5, 0.6) is 0 Å². The minimum atomic E-state index is -4.58. The van der Waals surface area contributed by atoms with Gasteiger partial charge in [0.05, 0.1) is 11.3 Å². The molecule has 0 spiro atoms. The van der Waals surface area contributed by atoms with Crippen LogP contribution < -0.4 is 10.5 Å². The van der Waals surface area contributed by atoms with Gasteiger partial charge < -0.3 is 5.73 Å². The molecule has 0 bridgehead atoms. The van der Waals surface area contributed by atoms with E-state index in [0.717, 1.165) is 6.07 Å². The molecule has 0 atom stereocenters. The second kappa shape index (κ2) is 5.84. The first-order valence-electron chi connectivity index (χ1n) is 6.25. The van der Waals surface area contributed by atoms with E-state index in [4.69, 9.17) is 5.73 Å². The van der Waals surface area contributed by atoms with Crippen LogP contribution in [0.2, 0.25) is 0 Å². The summed E-state index contributed by atoms with van der Waals surface area (Å²) in [6.45, 7) is 4.91. The molecule has 0 amide bonds. The summed E-state index contributed by atoms with van der Waals surface area (Å²) >= 11 is 0. The van der Waals surface area contributed by atoms with Gasteiger partial charge in [0.1, 0.15) is 0 Å². The average Bonchev–Trinajstić information content (AvgIpc) is 2.23. The van der Waals surface area contributed by atoms with Crippen molar-refractivity contribution in [1.82, 2.24) is 0 Å². The van der Waals surface area contributed by atoms with Crippen molar-refractivity contribution >= 4 is 15.7 Å². The second-order valence-electron chi connectivity index (χ2n) is 6.00. The van der Waals surface area contributed by atoms with E-state index in [1.54, 1.807) is 20.8 Å². The molecule has 1 aromatic carbocycles. The normalized spacial score (nSPS) is 13.3. The Bertz CT molecular complexity index is 605. The van der Waals surface area contributed by atoms with Crippen LogP contribution in [-0.2, 0) is 22.7 Å². The SMILES string of the molecule is CC(C)(C)CS(=O)(=O)Nc1ccc(CN)c(C(F)(F)F)c1. The van der Waals surface area contributed by atoms with Crippen LogP contribution in [0, 0.1) is 5.41 Å². The molecule has 1 rings (SSSR count). The number of anilines is 1. The Morgan fingerprint density at radius 3 is 2.19 bits per heavy atom. The Balaban J connectivity index is 3.12. The summed E-state index contributed by atoms with van der Waals surface area (Å²) < 4.78 is 64.7. The summed E-state index contributed by atoms with van der Waals surface area (Å²) in [6, 6.07) is 3.22. The Labute approximate surface area is 122 Å². The number of rotatable bonds is 4. The van der Waals surface area contributed by atoms with E-state index in [-0.39, 0.29) is 23.5 Å². The zero-order valence-electron chi connectivity index (χ0n) is 12.1. The van der Waals surface area contributed by atoms with E-state index >= 15 is 0 Å². The first-order valence-corrected chi connectivity index (χ1v) is 7.90. The van der Waals surface area contributed by atoms with Crippen molar-refractivity contribution in [2.45, 2.75) is 33.5 Å². The average molecular weight is 324 g/mol. The fourth-order valence-electron chi connectivity index (χ4n) is 1.87. The molecule has 8 heteroatoms. The molecule has 0 heterocycles. The van der Waals surface area contributed by atoms with E-state index < -0.39 is 27.2 Å². The third kappa shape index (κ3) is 5.55. The van der Waals surface area contributed by atoms with Crippen molar-refractivity contribution in [3.8, 4) is 0 Å². The second-order valence-corrected chi connectivity index (χ2v) is 7.72. The Morgan fingerprint density at radius 1 is 1.19 bits per heavy atom. The maximum Gasteiger partial charge on any atom is 0.416 e. The minimum absolute atomic E-state index is 0.0822. The first kappa shape index (κ1) is 17.8. The molecule has 0 aliphatic heterocycles. The van der Waals surface area contributed by atoms with E-state index in [1.165, 1.54) is 12.1 Å². The lowest BCUT2D eigenvalue weighted by atomic mass is 10.0. The van der Waals surface area contributed by atoms with Crippen molar-refractivity contribution in [3.63, 3.8) is 0 Å². The summed E-state index contributed by atoms with van der Waals surface area (Å²) in [5.41, 5.74) is 3.63. The number of hydrogen-bond acceptors (Lipinski definition) is 3. The molecule has 0 saturated carbocycles. The quantitative estimate of drug-likeness (QED) is 0.894. The van der Waals surface area contributed by atoms with Crippen molar-refractivity contribution in [2.75, 3.05) is 10.5 Å². The van der Waals surface area contributed by atoms with Gasteiger partial charge in [-0.3, -0.25) is 4.72 Å². The van der Waals surface area contributed by atoms with Gasteiger partial charge in [-0.15, -0.1) is 0 Å². The highest BCUT2D eigenvalue weighted by atomic mass is 32.2. The molecule has 3 N–H and O–H groups in total. The summed E-state index contributed by atoms with van der Waals surface area (Å²) in [6.07, 6.45) is -4.58. The molecule has 0 aromatic heterocycles. The molecule has 0 unspecified atom stereocenters. The monoisotopic (exact) mass is 324 g/mol. The van der Waals surface area contributed by atoms with Crippen LogP contribution in [-0.4, -0.2) is 14.2 Å². The van der Waals surface area contributed by atoms with E-state index in [1.807, 2.05) is 0 Å². The Kier molecular flexibility index (Phi) is 4.94. The van der Waals surface area contributed by atoms with Crippen molar-refractivity contribution in [2.24, 2.45) is 11.1 Å². The van der Waals surface area contributed by atoms with Crippen molar-refractivity contribution < 1.29 is 21.6 Å². The molecule has 1 aromatic rings. The number of halogens is 3. The minimum Gasteiger partial charge on any atom is -0.326 e. The lowest BCUT2D eigenvalue weighted by molar-refractivity contribution is -0.138. The number of sulfonamides is 1. The van der Waals surface area contributed by atoms with Crippen LogP contribution in [0.1, 0.15) is 31.9 Å². The number of hydrogen-bond donors (Lipinski definition) is 2. The smallest absolute Gasteiger partial charge is 0.326 e. The van der Waals surface area contributed by atoms with E-state index in [2.05, 4.69) is 4.72 Å². The van der Waals surface area contributed by atoms with Crippen LogP contribution in [0.25, 0.3) is 0 Å². The van der Waals surface area contributed by atoms with Gasteiger partial charge in [-0.2, -0.15) is 13.2 Å². The molecule has 0 fully saturated rings. The molecule has 0 aliphatic carbocycles. The van der Waals surface area contributed by atoms with Crippen LogP contribution >= 0.6 is 0 Å². The Hall–Kier alpha value is -1.28. The van der Waals surface area contributed by atoms with Gasteiger partial charge in [-0.05, 0) is 23.1 Å². The number of nitrogens with two attached hydrogens (primary N) is 1. The van der Waals surface area contributed by atoms with Crippen molar-refractivity contribution in [1.29, 1.82) is 0 Å². The standard InChI is InChI=1S/C13H19F3N2O2S/c1-12(2,3)8-21(19,20)18-10-5-4-9(7-17)11(6-10)13(14,15)16/h4-6,18H,7-8,17H2,1-3H3. The van der Waals surface area contributed by atoms with Gasteiger partial charge in [0.25, 0.3) is 0 Å². The van der Waals surface area contributed by atoms with Gasteiger partial charge in [0, 0.05) is 12.2 Å². The van der Waals surface area contributed by atoms with Gasteiger partial charge in [0.2, 0.25) is 10.0 Å². The highest BCUT2D eigenvalue weighted by molar-refractivity contribution is 7.92. The van der Waals surface area contributed by atoms with Crippen LogP contribution in [0.15, 0.2) is 18.2 Å². The fourth-order valence-corrected chi connectivity index (χ4v) is 3.57. The lowest BCUT2D eigenvalue weighted by Gasteiger charge is -2.19. The van der Waals surface area contributed by atoms with Crippen LogP contribution in [0.4, 0.5) is 18.9 Å². The van der Waals surface area contributed by atoms with Gasteiger partial charge >= 0.3 is 6.18 Å². The number of benzene rings is 1. The van der Waals surface area contributed by atoms with E-state index in [0.29, 0.717) is 0 Å². The van der Waals surface area contributed by atoms with Crippen LogP contribution in [0.3, 0.4) is 0 Å². The zero-order chi connectivity index (χ0) is 16.5. The lowest BCUT2D eigenvalue weighted by Crippen LogP contribution is -2.26. The molecule has 0 aliphatic rings. The zero-order valence-corrected chi connectivity index (χ0v) is 12.9. The first-order chi connectivity index (χ1) is 9.34. The molecule has 0 saturated heterocycles. The highest BCUT2D eigenvalue weighted by Gasteiger charge is 2.33. The maximum absolute atomic E-state index is 12.9. The molecule has 120 valence electrons. The van der Waals surface area contributed by atoms with E-state index in [9.17, 15) is 21.6 Å². The molecule has 4 nitrogen and oxygen atoms in total. The molecular weight excluding hydrogens is 305 g/mol. The molecule has 21 heavy (non-hydrogen) atoms. The Morgan fingerprint density at radius 2 is 1.76 bits per heavy atom. The third-order valence-corrected chi connectivity index (χ3v) is 4.32. The fraction of sp³-hybridized carbons (Fsp3) is 0.538. The summed E-state index contributed by atoms with van der Waals surface area (Å²) in [4.78, 5) is 0. The third-order valence-electron chi connectivity index (χ3n) is 2.53. The van der Waals surface area contributed by atoms with Gasteiger partial charge in [-0.1, -0.05) is 26.8 Å².